The molecule has 0 saturated heterocycles. The van der Waals surface area contributed by atoms with Gasteiger partial charge in [0, 0.05) is 0 Å². The van der Waals surface area contributed by atoms with Crippen LogP contribution in [0.4, 0.5) is 7.77 Å². The predicted molar refractivity (Wildman–Crippen MR) is 83.4 cm³/mol. The zero-order valence-electron chi connectivity index (χ0n) is 12.7. The molecule has 122 valence electrons. The Labute approximate surface area is 124 Å². The third-order valence-corrected chi connectivity index (χ3v) is 22.2. The van der Waals surface area contributed by atoms with Crippen molar-refractivity contribution in [1.82, 2.24) is 7.27 Å². The molecule has 0 bridgehead atoms. The summed E-state index contributed by atoms with van der Waals surface area (Å²) in [5.41, 5.74) is 0. The standard InChI is InChI=1S/C7H22F2N2O4S2Si3/c1-18(10(16(8,12)13)19(2,3)4)11(17(9,14)15)20(5,6)7/h18H,1-7H3. The van der Waals surface area contributed by atoms with Gasteiger partial charge in [-0.25, -0.2) is 7.27 Å². The first-order valence-corrected chi connectivity index (χ1v) is 17.6. The van der Waals surface area contributed by atoms with Crippen molar-refractivity contribution in [3.05, 3.63) is 0 Å². The van der Waals surface area contributed by atoms with Gasteiger partial charge in [-0.2, -0.15) is 16.8 Å². The van der Waals surface area contributed by atoms with E-state index in [1.54, 1.807) is 39.3 Å². The summed E-state index contributed by atoms with van der Waals surface area (Å²) in [6.07, 6.45) is 0. The van der Waals surface area contributed by atoms with Crippen molar-refractivity contribution >= 4 is 46.4 Å². The van der Waals surface area contributed by atoms with Gasteiger partial charge in [0.25, 0.3) is 0 Å². The summed E-state index contributed by atoms with van der Waals surface area (Å²) in [6, 6.07) is 0. The van der Waals surface area contributed by atoms with Gasteiger partial charge in [-0.3, -0.25) is 0 Å². The second kappa shape index (κ2) is 5.85. The monoisotopic (exact) mass is 384 g/mol. The van der Waals surface area contributed by atoms with Crippen LogP contribution in [0.2, 0.25) is 45.8 Å². The Morgan fingerprint density at radius 1 is 0.750 bits per heavy atom. The van der Waals surface area contributed by atoms with Gasteiger partial charge >= 0.3 is 20.8 Å². The second-order valence-corrected chi connectivity index (χ2v) is 23.3. The quantitative estimate of drug-likeness (QED) is 0.514. The summed E-state index contributed by atoms with van der Waals surface area (Å²) in [7, 11) is -18.7. The highest BCUT2D eigenvalue weighted by Crippen LogP contribution is 2.26. The lowest BCUT2D eigenvalue weighted by molar-refractivity contribution is 0.511. The van der Waals surface area contributed by atoms with Gasteiger partial charge in [-0.1, -0.05) is 47.1 Å². The highest BCUT2D eigenvalue weighted by atomic mass is 32.3. The van der Waals surface area contributed by atoms with Crippen LogP contribution in [0.1, 0.15) is 0 Å². The third-order valence-electron chi connectivity index (χ3n) is 2.47. The highest BCUT2D eigenvalue weighted by molar-refractivity contribution is 7.89. The van der Waals surface area contributed by atoms with Crippen molar-refractivity contribution in [3.63, 3.8) is 0 Å². The fraction of sp³-hybridized carbons (Fsp3) is 1.00. The molecule has 0 N–H and O–H groups in total. The summed E-state index contributed by atoms with van der Waals surface area (Å²) < 4.78 is 73.9. The smallest absolute Gasteiger partial charge is 0.209 e. The van der Waals surface area contributed by atoms with E-state index in [-0.39, 0.29) is 0 Å². The van der Waals surface area contributed by atoms with E-state index >= 15 is 0 Å². The first-order chi connectivity index (χ1) is 8.40. The minimum atomic E-state index is -5.08. The zero-order chi connectivity index (χ0) is 16.7. The van der Waals surface area contributed by atoms with Crippen LogP contribution in [-0.4, -0.2) is 49.7 Å². The number of hydrogen-bond acceptors (Lipinski definition) is 4. The Bertz CT molecular complexity index is 506. The van der Waals surface area contributed by atoms with Crippen molar-refractivity contribution < 1.29 is 24.6 Å². The maximum Gasteiger partial charge on any atom is 0.363 e. The Morgan fingerprint density at radius 3 is 1.05 bits per heavy atom. The van der Waals surface area contributed by atoms with Crippen LogP contribution in [0.15, 0.2) is 0 Å². The van der Waals surface area contributed by atoms with E-state index in [1.165, 1.54) is 6.55 Å². The molecule has 0 rings (SSSR count). The Balaban J connectivity index is 6.08. The molecule has 0 fully saturated rings. The summed E-state index contributed by atoms with van der Waals surface area (Å²) in [5, 5.41) is 0. The van der Waals surface area contributed by atoms with Gasteiger partial charge in [0.05, 0.1) is 0 Å². The maximum absolute atomic E-state index is 13.6. The van der Waals surface area contributed by atoms with E-state index in [4.69, 9.17) is 0 Å². The molecule has 0 heterocycles. The van der Waals surface area contributed by atoms with Crippen LogP contribution in [0.5, 0.6) is 0 Å². The molecule has 0 aliphatic heterocycles. The lowest BCUT2D eigenvalue weighted by Gasteiger charge is -2.42. The Hall–Kier alpha value is 0.331. The number of rotatable bonds is 6. The number of nitrogens with zero attached hydrogens (tertiary/aromatic N) is 2. The summed E-state index contributed by atoms with van der Waals surface area (Å²) >= 11 is 0. The lowest BCUT2D eigenvalue weighted by Crippen LogP contribution is -2.67. The minimum Gasteiger partial charge on any atom is -0.209 e. The normalized spacial score (nSPS) is 15.4. The molecule has 6 nitrogen and oxygen atoms in total. The van der Waals surface area contributed by atoms with Gasteiger partial charge in [-0.15, -0.1) is 0 Å². The summed E-state index contributed by atoms with van der Waals surface area (Å²) in [4.78, 5) is 0. The molecular formula is C7H22F2N2O4S2Si3. The molecule has 0 aromatic carbocycles. The van der Waals surface area contributed by atoms with E-state index in [1.807, 2.05) is 0 Å². The van der Waals surface area contributed by atoms with E-state index in [2.05, 4.69) is 0 Å². The Morgan fingerprint density at radius 2 is 0.950 bits per heavy atom. The maximum atomic E-state index is 13.6. The van der Waals surface area contributed by atoms with Crippen molar-refractivity contribution in [2.45, 2.75) is 45.8 Å². The summed E-state index contributed by atoms with van der Waals surface area (Å²) in [5.74, 6) is 0. The van der Waals surface area contributed by atoms with Gasteiger partial charge in [0.1, 0.15) is 16.5 Å². The van der Waals surface area contributed by atoms with E-state index in [9.17, 15) is 24.6 Å². The number of hydrogen-bond donors (Lipinski definition) is 0. The summed E-state index contributed by atoms with van der Waals surface area (Å²) in [6.45, 7) is 10.7. The average molecular weight is 385 g/mol. The molecule has 0 atom stereocenters. The fourth-order valence-electron chi connectivity index (χ4n) is 2.23. The lowest BCUT2D eigenvalue weighted by atomic mass is 11.8. The van der Waals surface area contributed by atoms with Gasteiger partial charge in [0.15, 0.2) is 0 Å². The molecule has 0 aliphatic rings. The molecule has 0 aliphatic carbocycles. The molecule has 0 amide bonds. The van der Waals surface area contributed by atoms with Crippen LogP contribution < -0.4 is 0 Å². The molecule has 0 saturated carbocycles. The SMILES string of the molecule is C[SiH](N([Si](C)(C)C)S(=O)(=O)F)N([Si](C)(C)C)S(=O)(=O)F. The second-order valence-electron chi connectivity index (χ2n) is 6.45. The van der Waals surface area contributed by atoms with E-state index in [0.717, 1.165) is 0 Å². The highest BCUT2D eigenvalue weighted by Gasteiger charge is 2.48. The van der Waals surface area contributed by atoms with Crippen LogP contribution in [0.25, 0.3) is 0 Å². The van der Waals surface area contributed by atoms with Crippen molar-refractivity contribution in [3.8, 4) is 0 Å². The van der Waals surface area contributed by atoms with Crippen LogP contribution in [0.3, 0.4) is 0 Å². The van der Waals surface area contributed by atoms with Crippen LogP contribution in [0, 0.1) is 0 Å². The van der Waals surface area contributed by atoms with E-state index < -0.39 is 46.4 Å². The molecule has 0 spiro atoms. The molecule has 0 aromatic rings. The van der Waals surface area contributed by atoms with Gasteiger partial charge in [-0.05, 0) is 6.55 Å². The molecular weight excluding hydrogens is 362 g/mol. The van der Waals surface area contributed by atoms with Gasteiger partial charge < -0.3 is 0 Å². The van der Waals surface area contributed by atoms with Crippen molar-refractivity contribution in [1.29, 1.82) is 0 Å². The van der Waals surface area contributed by atoms with Crippen LogP contribution >= 0.6 is 0 Å². The van der Waals surface area contributed by atoms with Crippen molar-refractivity contribution in [2.75, 3.05) is 0 Å². The largest absolute Gasteiger partial charge is 0.363 e. The first kappa shape index (κ1) is 20.3. The number of halogens is 2. The molecule has 13 heteroatoms. The average Bonchev–Trinajstić information content (AvgIpc) is 1.88. The molecule has 20 heavy (non-hydrogen) atoms. The molecule has 0 aromatic heterocycles. The molecule has 0 unspecified atom stereocenters. The zero-order valence-corrected chi connectivity index (χ0v) is 17.5. The van der Waals surface area contributed by atoms with E-state index in [0.29, 0.717) is 7.27 Å². The molecule has 0 radical (unpaired) electrons. The first-order valence-electron chi connectivity index (χ1n) is 5.88. The van der Waals surface area contributed by atoms with Crippen LogP contribution in [-0.2, 0) is 20.8 Å². The predicted octanol–water partition coefficient (Wildman–Crippen LogP) is 1.54. The van der Waals surface area contributed by atoms with Gasteiger partial charge in [0.2, 0.25) is 9.12 Å². The topological polar surface area (TPSA) is 74.8 Å². The minimum absolute atomic E-state index is 0.634. The third kappa shape index (κ3) is 5.27. The van der Waals surface area contributed by atoms with Crippen molar-refractivity contribution in [2.24, 2.45) is 0 Å². The fourth-order valence-corrected chi connectivity index (χ4v) is 21.8. The Kier molecular flexibility index (Phi) is 5.94.